The Bertz CT molecular complexity index is 1870. The number of rotatable bonds is 6. The number of para-hydroxylation sites is 2. The van der Waals surface area contributed by atoms with Crippen molar-refractivity contribution in [3.05, 3.63) is 126 Å². The number of ether oxygens (including phenoxy) is 1. The summed E-state index contributed by atoms with van der Waals surface area (Å²) in [6, 6.07) is 28.4. The zero-order valence-corrected chi connectivity index (χ0v) is 24.9. The van der Waals surface area contributed by atoms with Crippen LogP contribution in [0, 0.1) is 0 Å². The molecule has 0 aliphatic heterocycles. The molecule has 0 amide bonds. The van der Waals surface area contributed by atoms with Crippen molar-refractivity contribution in [3.8, 4) is 17.3 Å². The molecule has 6 nitrogen and oxygen atoms in total. The molecular formula is C30H18Br3N3O3. The summed E-state index contributed by atoms with van der Waals surface area (Å²) in [5.41, 5.74) is 2.78. The van der Waals surface area contributed by atoms with E-state index in [-0.39, 0.29) is 5.56 Å². The van der Waals surface area contributed by atoms with Gasteiger partial charge in [0, 0.05) is 9.86 Å². The summed E-state index contributed by atoms with van der Waals surface area (Å²) >= 11 is 10.7. The van der Waals surface area contributed by atoms with Gasteiger partial charge in [-0.05, 0) is 91.5 Å². The number of benzene rings is 4. The molecule has 6 aromatic rings. The molecule has 0 aliphatic carbocycles. The van der Waals surface area contributed by atoms with Crippen LogP contribution in [0.3, 0.4) is 0 Å². The summed E-state index contributed by atoms with van der Waals surface area (Å²) in [6.07, 6.45) is 1.61. The van der Waals surface area contributed by atoms with Crippen LogP contribution in [0.25, 0.3) is 33.5 Å². The van der Waals surface area contributed by atoms with Gasteiger partial charge in [0.05, 0.1) is 26.1 Å². The van der Waals surface area contributed by atoms with E-state index in [0.29, 0.717) is 40.4 Å². The Labute approximate surface area is 248 Å². The van der Waals surface area contributed by atoms with E-state index < -0.39 is 0 Å². The fraction of sp³-hybridized carbons (Fsp3) is 0.0333. The molecule has 192 valence electrons. The van der Waals surface area contributed by atoms with Crippen molar-refractivity contribution < 1.29 is 9.15 Å². The van der Waals surface area contributed by atoms with Crippen LogP contribution in [0.5, 0.6) is 5.75 Å². The second-order valence-corrected chi connectivity index (χ2v) is 11.3. The van der Waals surface area contributed by atoms with Gasteiger partial charge in [0.25, 0.3) is 5.56 Å². The van der Waals surface area contributed by atoms with E-state index in [0.717, 1.165) is 29.9 Å². The Balaban J connectivity index is 1.37. The van der Waals surface area contributed by atoms with Crippen LogP contribution in [-0.2, 0) is 6.61 Å². The summed E-state index contributed by atoms with van der Waals surface area (Å²) in [5.74, 6) is 1.44. The van der Waals surface area contributed by atoms with Crippen LogP contribution >= 0.6 is 47.8 Å². The average Bonchev–Trinajstić information content (AvgIpc) is 3.37. The molecule has 9 heteroatoms. The smallest absolute Gasteiger partial charge is 0.282 e. The predicted octanol–water partition coefficient (Wildman–Crippen LogP) is 8.56. The average molecular weight is 708 g/mol. The lowest BCUT2D eigenvalue weighted by Gasteiger charge is -2.12. The van der Waals surface area contributed by atoms with Gasteiger partial charge >= 0.3 is 0 Å². The van der Waals surface area contributed by atoms with Crippen LogP contribution in [0.15, 0.2) is 119 Å². The third-order valence-corrected chi connectivity index (χ3v) is 7.75. The van der Waals surface area contributed by atoms with Gasteiger partial charge in [-0.2, -0.15) is 9.78 Å². The zero-order chi connectivity index (χ0) is 26.9. The highest BCUT2D eigenvalue weighted by atomic mass is 79.9. The molecule has 0 spiro atoms. The molecule has 0 saturated carbocycles. The highest BCUT2D eigenvalue weighted by molar-refractivity contribution is 9.11. The molecule has 0 atom stereocenters. The van der Waals surface area contributed by atoms with E-state index in [1.54, 1.807) is 18.3 Å². The number of nitrogens with zero attached hydrogens (tertiary/aromatic N) is 3. The number of halogens is 3. The molecule has 0 fully saturated rings. The predicted molar refractivity (Wildman–Crippen MR) is 165 cm³/mol. The van der Waals surface area contributed by atoms with E-state index in [1.807, 2.05) is 78.9 Å². The maximum absolute atomic E-state index is 13.5. The zero-order valence-electron chi connectivity index (χ0n) is 20.1. The Morgan fingerprint density at radius 3 is 2.38 bits per heavy atom. The molecule has 4 aromatic carbocycles. The second-order valence-electron chi connectivity index (χ2n) is 8.69. The molecule has 0 radical (unpaired) electrons. The number of furan rings is 1. The minimum Gasteiger partial charge on any atom is -0.487 e. The van der Waals surface area contributed by atoms with Gasteiger partial charge in [-0.25, -0.2) is 4.98 Å². The lowest BCUT2D eigenvalue weighted by Crippen LogP contribution is -2.20. The molecule has 2 heterocycles. The SMILES string of the molecule is O=c1c2ccccc2nc(-c2cc3ccccc3o2)n1N=Cc1cc(Br)c(OCc2ccc(Br)cc2)c(Br)c1. The third kappa shape index (κ3) is 5.34. The standard InChI is InChI=1S/C30H18Br3N3O3/c31-21-11-9-18(10-12-21)17-38-28-23(32)13-19(14-24(28)33)16-34-36-29(27-15-20-5-1-4-8-26(20)39-27)35-25-7-3-2-6-22(25)30(36)37/h1-16H,17H2. The van der Waals surface area contributed by atoms with Crippen LogP contribution in [0.2, 0.25) is 0 Å². The van der Waals surface area contributed by atoms with Crippen molar-refractivity contribution in [2.45, 2.75) is 6.61 Å². The highest BCUT2D eigenvalue weighted by Gasteiger charge is 2.16. The number of hydrogen-bond donors (Lipinski definition) is 0. The first-order valence-electron chi connectivity index (χ1n) is 11.9. The van der Waals surface area contributed by atoms with Gasteiger partial charge < -0.3 is 9.15 Å². The number of fused-ring (bicyclic) bond motifs is 2. The van der Waals surface area contributed by atoms with Gasteiger partial charge in [-0.1, -0.05) is 58.4 Å². The summed E-state index contributed by atoms with van der Waals surface area (Å²) in [7, 11) is 0. The van der Waals surface area contributed by atoms with Crippen LogP contribution in [0.4, 0.5) is 0 Å². The van der Waals surface area contributed by atoms with Crippen molar-refractivity contribution in [3.63, 3.8) is 0 Å². The quantitative estimate of drug-likeness (QED) is 0.163. The van der Waals surface area contributed by atoms with Crippen molar-refractivity contribution >= 4 is 75.9 Å². The maximum atomic E-state index is 13.5. The minimum atomic E-state index is -0.292. The van der Waals surface area contributed by atoms with Gasteiger partial charge in [0.1, 0.15) is 17.9 Å². The first-order chi connectivity index (χ1) is 19.0. The van der Waals surface area contributed by atoms with Crippen LogP contribution in [-0.4, -0.2) is 15.9 Å². The first kappa shape index (κ1) is 25.7. The summed E-state index contributed by atoms with van der Waals surface area (Å²) < 4.78 is 15.9. The summed E-state index contributed by atoms with van der Waals surface area (Å²) in [5, 5.41) is 5.94. The molecule has 2 aromatic heterocycles. The summed E-state index contributed by atoms with van der Waals surface area (Å²) in [6.45, 7) is 0.414. The third-order valence-electron chi connectivity index (χ3n) is 6.04. The van der Waals surface area contributed by atoms with E-state index >= 15 is 0 Å². The van der Waals surface area contributed by atoms with Gasteiger partial charge in [0.15, 0.2) is 5.76 Å². The van der Waals surface area contributed by atoms with Crippen LogP contribution < -0.4 is 10.3 Å². The normalized spacial score (nSPS) is 11.6. The van der Waals surface area contributed by atoms with Crippen molar-refractivity contribution in [2.75, 3.05) is 0 Å². The lowest BCUT2D eigenvalue weighted by molar-refractivity contribution is 0.302. The monoisotopic (exact) mass is 705 g/mol. The molecule has 0 saturated heterocycles. The van der Waals surface area contributed by atoms with E-state index in [4.69, 9.17) is 14.1 Å². The Hall–Kier alpha value is -3.53. The molecule has 0 bridgehead atoms. The molecule has 0 unspecified atom stereocenters. The Kier molecular flexibility index (Phi) is 7.20. The highest BCUT2D eigenvalue weighted by Crippen LogP contribution is 2.35. The van der Waals surface area contributed by atoms with E-state index in [9.17, 15) is 4.79 Å². The second kappa shape index (κ2) is 10.9. The molecule has 0 N–H and O–H groups in total. The Morgan fingerprint density at radius 2 is 1.62 bits per heavy atom. The fourth-order valence-corrected chi connectivity index (χ4v) is 5.85. The van der Waals surface area contributed by atoms with E-state index in [1.165, 1.54) is 4.68 Å². The Morgan fingerprint density at radius 1 is 0.897 bits per heavy atom. The molecule has 39 heavy (non-hydrogen) atoms. The van der Waals surface area contributed by atoms with Gasteiger partial charge in [-0.3, -0.25) is 4.79 Å². The van der Waals surface area contributed by atoms with Crippen molar-refractivity contribution in [1.29, 1.82) is 0 Å². The van der Waals surface area contributed by atoms with Gasteiger partial charge in [-0.15, -0.1) is 0 Å². The molecular weight excluding hydrogens is 690 g/mol. The van der Waals surface area contributed by atoms with Crippen molar-refractivity contribution in [2.24, 2.45) is 5.10 Å². The molecule has 6 rings (SSSR count). The topological polar surface area (TPSA) is 69.6 Å². The maximum Gasteiger partial charge on any atom is 0.282 e. The van der Waals surface area contributed by atoms with Gasteiger partial charge in [0.2, 0.25) is 5.82 Å². The van der Waals surface area contributed by atoms with Crippen LogP contribution in [0.1, 0.15) is 11.1 Å². The number of hydrogen-bond acceptors (Lipinski definition) is 5. The fourth-order valence-electron chi connectivity index (χ4n) is 4.13. The summed E-state index contributed by atoms with van der Waals surface area (Å²) in [4.78, 5) is 18.2. The minimum absolute atomic E-state index is 0.292. The largest absolute Gasteiger partial charge is 0.487 e. The first-order valence-corrected chi connectivity index (χ1v) is 14.3. The molecule has 0 aliphatic rings. The number of aromatic nitrogens is 2. The van der Waals surface area contributed by atoms with E-state index in [2.05, 4.69) is 52.9 Å². The van der Waals surface area contributed by atoms with Crippen molar-refractivity contribution in [1.82, 2.24) is 9.66 Å². The lowest BCUT2D eigenvalue weighted by atomic mass is 10.2.